The summed E-state index contributed by atoms with van der Waals surface area (Å²) in [5.41, 5.74) is -0.352. The summed E-state index contributed by atoms with van der Waals surface area (Å²) in [4.78, 5) is 22.4. The van der Waals surface area contributed by atoms with Gasteiger partial charge >= 0.3 is 5.97 Å². The minimum absolute atomic E-state index is 0.0988. The number of carbonyl (C=O) groups excluding carboxylic acids is 1. The lowest BCUT2D eigenvalue weighted by molar-refractivity contribution is -0.141. The second-order valence-electron chi connectivity index (χ2n) is 4.36. The Kier molecular flexibility index (Phi) is 4.73. The first-order chi connectivity index (χ1) is 7.60. The van der Waals surface area contributed by atoms with Crippen LogP contribution < -0.4 is 10.6 Å². The number of nitrogens with one attached hydrogen (secondary N) is 2. The summed E-state index contributed by atoms with van der Waals surface area (Å²) >= 11 is 0. The standard InChI is InChI=1S/C11H20N2O3/c1-2-3-11(4-6-12-7-5-11)10(16)13-8-9(14)15/h12H,2-8H2,1H3,(H,13,16)(H,14,15). The van der Waals surface area contributed by atoms with Gasteiger partial charge in [-0.15, -0.1) is 0 Å². The van der Waals surface area contributed by atoms with E-state index in [0.717, 1.165) is 38.8 Å². The molecule has 1 amide bonds. The molecule has 0 radical (unpaired) electrons. The van der Waals surface area contributed by atoms with Gasteiger partial charge < -0.3 is 15.7 Å². The molecule has 1 aliphatic heterocycles. The smallest absolute Gasteiger partial charge is 0.322 e. The molecular formula is C11H20N2O3. The fraction of sp³-hybridized carbons (Fsp3) is 0.818. The zero-order valence-corrected chi connectivity index (χ0v) is 9.71. The van der Waals surface area contributed by atoms with Gasteiger partial charge in [-0.3, -0.25) is 9.59 Å². The van der Waals surface area contributed by atoms with Crippen molar-refractivity contribution in [2.45, 2.75) is 32.6 Å². The van der Waals surface area contributed by atoms with E-state index < -0.39 is 5.97 Å². The SMILES string of the molecule is CCCC1(C(=O)NCC(=O)O)CCNCC1. The van der Waals surface area contributed by atoms with Crippen LogP contribution in [0.5, 0.6) is 0 Å². The summed E-state index contributed by atoms with van der Waals surface area (Å²) in [6.45, 7) is 3.44. The minimum Gasteiger partial charge on any atom is -0.480 e. The quantitative estimate of drug-likeness (QED) is 0.634. The Morgan fingerprint density at radius 2 is 2.00 bits per heavy atom. The van der Waals surface area contributed by atoms with Gasteiger partial charge in [0, 0.05) is 0 Å². The van der Waals surface area contributed by atoms with E-state index in [-0.39, 0.29) is 17.9 Å². The van der Waals surface area contributed by atoms with Crippen LogP contribution in [-0.4, -0.2) is 36.6 Å². The number of aliphatic carboxylic acids is 1. The van der Waals surface area contributed by atoms with Crippen molar-refractivity contribution in [1.29, 1.82) is 0 Å². The number of carboxylic acid groups (broad SMARTS) is 1. The highest BCUT2D eigenvalue weighted by Gasteiger charge is 2.38. The Bertz CT molecular complexity index is 254. The summed E-state index contributed by atoms with van der Waals surface area (Å²) in [7, 11) is 0. The molecular weight excluding hydrogens is 208 g/mol. The van der Waals surface area contributed by atoms with Crippen molar-refractivity contribution in [2.24, 2.45) is 5.41 Å². The van der Waals surface area contributed by atoms with E-state index in [1.807, 2.05) is 6.92 Å². The molecule has 1 aliphatic rings. The monoisotopic (exact) mass is 228 g/mol. The number of hydrogen-bond acceptors (Lipinski definition) is 3. The van der Waals surface area contributed by atoms with Gasteiger partial charge in [0.25, 0.3) is 0 Å². The summed E-state index contributed by atoms with van der Waals surface area (Å²) in [6.07, 6.45) is 3.37. The van der Waals surface area contributed by atoms with E-state index in [2.05, 4.69) is 10.6 Å². The van der Waals surface area contributed by atoms with E-state index in [0.29, 0.717) is 0 Å². The van der Waals surface area contributed by atoms with Crippen LogP contribution >= 0.6 is 0 Å². The highest BCUT2D eigenvalue weighted by Crippen LogP contribution is 2.34. The molecule has 16 heavy (non-hydrogen) atoms. The predicted molar refractivity (Wildman–Crippen MR) is 60.1 cm³/mol. The van der Waals surface area contributed by atoms with Crippen molar-refractivity contribution >= 4 is 11.9 Å². The molecule has 0 aromatic carbocycles. The van der Waals surface area contributed by atoms with Crippen molar-refractivity contribution in [3.8, 4) is 0 Å². The third-order valence-electron chi connectivity index (χ3n) is 3.17. The maximum absolute atomic E-state index is 12.0. The molecule has 3 N–H and O–H groups in total. The van der Waals surface area contributed by atoms with E-state index in [4.69, 9.17) is 5.11 Å². The maximum Gasteiger partial charge on any atom is 0.322 e. The summed E-state index contributed by atoms with van der Waals surface area (Å²) in [5, 5.41) is 14.3. The van der Waals surface area contributed by atoms with Crippen LogP contribution in [0.1, 0.15) is 32.6 Å². The molecule has 1 rings (SSSR count). The molecule has 1 heterocycles. The lowest BCUT2D eigenvalue weighted by Gasteiger charge is -2.35. The Morgan fingerprint density at radius 1 is 1.38 bits per heavy atom. The molecule has 1 fully saturated rings. The first-order valence-corrected chi connectivity index (χ1v) is 5.81. The predicted octanol–water partition coefficient (Wildman–Crippen LogP) is 0.357. The fourth-order valence-electron chi connectivity index (χ4n) is 2.32. The normalized spacial score (nSPS) is 19.1. The van der Waals surface area contributed by atoms with Crippen molar-refractivity contribution in [1.82, 2.24) is 10.6 Å². The Morgan fingerprint density at radius 3 is 2.50 bits per heavy atom. The van der Waals surface area contributed by atoms with Gasteiger partial charge in [0.15, 0.2) is 0 Å². The number of piperidine rings is 1. The summed E-state index contributed by atoms with van der Waals surface area (Å²) in [6, 6.07) is 0. The Labute approximate surface area is 95.6 Å². The zero-order chi connectivity index (χ0) is 12.0. The fourth-order valence-corrected chi connectivity index (χ4v) is 2.32. The summed E-state index contributed by atoms with van der Waals surface area (Å²) < 4.78 is 0. The van der Waals surface area contributed by atoms with Crippen LogP contribution in [-0.2, 0) is 9.59 Å². The van der Waals surface area contributed by atoms with Crippen LogP contribution in [0, 0.1) is 5.41 Å². The maximum atomic E-state index is 12.0. The van der Waals surface area contributed by atoms with Gasteiger partial charge in [0.2, 0.25) is 5.91 Å². The third-order valence-corrected chi connectivity index (χ3v) is 3.17. The van der Waals surface area contributed by atoms with Crippen LogP contribution in [0.25, 0.3) is 0 Å². The van der Waals surface area contributed by atoms with Crippen molar-refractivity contribution in [2.75, 3.05) is 19.6 Å². The molecule has 0 aliphatic carbocycles. The molecule has 0 bridgehead atoms. The largest absolute Gasteiger partial charge is 0.480 e. The van der Waals surface area contributed by atoms with Crippen LogP contribution in [0.3, 0.4) is 0 Å². The molecule has 1 saturated heterocycles. The van der Waals surface area contributed by atoms with E-state index >= 15 is 0 Å². The number of rotatable bonds is 5. The molecule has 0 unspecified atom stereocenters. The van der Waals surface area contributed by atoms with E-state index in [9.17, 15) is 9.59 Å². The Hall–Kier alpha value is -1.10. The zero-order valence-electron chi connectivity index (χ0n) is 9.71. The van der Waals surface area contributed by atoms with Gasteiger partial charge in [-0.05, 0) is 32.4 Å². The molecule has 92 valence electrons. The number of carboxylic acids is 1. The van der Waals surface area contributed by atoms with Crippen LogP contribution in [0.15, 0.2) is 0 Å². The molecule has 0 spiro atoms. The van der Waals surface area contributed by atoms with Gasteiger partial charge in [-0.1, -0.05) is 13.3 Å². The first kappa shape index (κ1) is 13.0. The second kappa shape index (κ2) is 5.84. The van der Waals surface area contributed by atoms with Crippen molar-refractivity contribution in [3.63, 3.8) is 0 Å². The summed E-state index contributed by atoms with van der Waals surface area (Å²) in [5.74, 6) is -1.09. The highest BCUT2D eigenvalue weighted by molar-refractivity contribution is 5.85. The number of amides is 1. The van der Waals surface area contributed by atoms with Crippen LogP contribution in [0.2, 0.25) is 0 Å². The van der Waals surface area contributed by atoms with Gasteiger partial charge in [-0.2, -0.15) is 0 Å². The molecule has 0 saturated carbocycles. The molecule has 0 atom stereocenters. The van der Waals surface area contributed by atoms with Crippen molar-refractivity contribution < 1.29 is 14.7 Å². The lowest BCUT2D eigenvalue weighted by Crippen LogP contribution is -2.48. The number of carbonyl (C=O) groups is 2. The van der Waals surface area contributed by atoms with Gasteiger partial charge in [0.05, 0.1) is 5.41 Å². The topological polar surface area (TPSA) is 78.4 Å². The highest BCUT2D eigenvalue weighted by atomic mass is 16.4. The van der Waals surface area contributed by atoms with E-state index in [1.165, 1.54) is 0 Å². The average molecular weight is 228 g/mol. The Balaban J connectivity index is 2.60. The van der Waals surface area contributed by atoms with Gasteiger partial charge in [-0.25, -0.2) is 0 Å². The second-order valence-corrected chi connectivity index (χ2v) is 4.36. The van der Waals surface area contributed by atoms with Gasteiger partial charge in [0.1, 0.15) is 6.54 Å². The average Bonchev–Trinajstić information content (AvgIpc) is 2.27. The van der Waals surface area contributed by atoms with E-state index in [1.54, 1.807) is 0 Å². The number of hydrogen-bond donors (Lipinski definition) is 3. The minimum atomic E-state index is -0.992. The first-order valence-electron chi connectivity index (χ1n) is 5.81. The third kappa shape index (κ3) is 3.20. The van der Waals surface area contributed by atoms with Crippen LogP contribution in [0.4, 0.5) is 0 Å². The molecule has 5 nitrogen and oxygen atoms in total. The lowest BCUT2D eigenvalue weighted by atomic mass is 9.74. The van der Waals surface area contributed by atoms with Crippen molar-refractivity contribution in [3.05, 3.63) is 0 Å². The molecule has 0 aromatic rings. The molecule has 0 aromatic heterocycles. The molecule has 5 heteroatoms.